The molecule has 1 N–H and O–H groups in total. The van der Waals surface area contributed by atoms with Gasteiger partial charge in [0.05, 0.1) is 18.2 Å². The summed E-state index contributed by atoms with van der Waals surface area (Å²) in [6.45, 7) is 3.58. The number of amides is 1. The first-order valence-electron chi connectivity index (χ1n) is 11.0. The lowest BCUT2D eigenvalue weighted by Crippen LogP contribution is -2.35. The number of carbonyl (C=O) groups is 2. The molecule has 1 atom stereocenters. The Morgan fingerprint density at radius 2 is 1.94 bits per heavy atom. The zero-order valence-corrected chi connectivity index (χ0v) is 19.0. The number of hydrogen-bond acceptors (Lipinski definition) is 7. The summed E-state index contributed by atoms with van der Waals surface area (Å²) >= 11 is 0. The minimum absolute atomic E-state index is 0.0465. The Morgan fingerprint density at radius 1 is 1.15 bits per heavy atom. The second kappa shape index (κ2) is 9.54. The molecule has 2 aromatic rings. The molecular formula is C25H28N2O6. The number of Topliss-reactive ketones (excluding diaryl/α,β-unsaturated/α-hetero) is 1. The molecule has 2 aliphatic rings. The molecule has 0 aliphatic carbocycles. The van der Waals surface area contributed by atoms with Gasteiger partial charge in [0.2, 0.25) is 6.79 Å². The molecule has 8 heteroatoms. The zero-order valence-electron chi connectivity index (χ0n) is 19.0. The minimum atomic E-state index is -0.736. The summed E-state index contributed by atoms with van der Waals surface area (Å²) in [5, 5.41) is 11.2. The Bertz CT molecular complexity index is 1090. The van der Waals surface area contributed by atoms with Crippen LogP contribution in [-0.2, 0) is 9.59 Å². The average molecular weight is 453 g/mol. The van der Waals surface area contributed by atoms with Crippen LogP contribution in [0.2, 0.25) is 0 Å². The van der Waals surface area contributed by atoms with E-state index in [-0.39, 0.29) is 18.1 Å². The van der Waals surface area contributed by atoms with Gasteiger partial charge in [-0.15, -0.1) is 0 Å². The summed E-state index contributed by atoms with van der Waals surface area (Å²) in [6.07, 6.45) is 0.857. The molecule has 2 aromatic carbocycles. The number of carbonyl (C=O) groups excluding carboxylic acids is 2. The minimum Gasteiger partial charge on any atom is -0.507 e. The number of aliphatic hydroxyl groups excluding tert-OH is 1. The van der Waals surface area contributed by atoms with E-state index in [0.717, 1.165) is 6.42 Å². The number of likely N-dealkylation sites (tertiary alicyclic amines) is 1. The summed E-state index contributed by atoms with van der Waals surface area (Å²) < 4.78 is 16.5. The van der Waals surface area contributed by atoms with Crippen molar-refractivity contribution in [1.29, 1.82) is 0 Å². The van der Waals surface area contributed by atoms with Crippen LogP contribution in [0, 0.1) is 0 Å². The first kappa shape index (κ1) is 22.7. The number of ether oxygens (including phenoxy) is 3. The lowest BCUT2D eigenvalue weighted by molar-refractivity contribution is -0.140. The second-order valence-corrected chi connectivity index (χ2v) is 8.28. The van der Waals surface area contributed by atoms with Crippen molar-refractivity contribution >= 4 is 17.4 Å². The average Bonchev–Trinajstić information content (AvgIpc) is 3.38. The van der Waals surface area contributed by atoms with E-state index >= 15 is 0 Å². The molecular weight excluding hydrogens is 424 g/mol. The maximum atomic E-state index is 13.1. The van der Waals surface area contributed by atoms with Crippen molar-refractivity contribution < 1.29 is 28.9 Å². The van der Waals surface area contributed by atoms with Gasteiger partial charge in [0.15, 0.2) is 11.5 Å². The Kier molecular flexibility index (Phi) is 6.55. The van der Waals surface area contributed by atoms with Crippen LogP contribution < -0.4 is 14.2 Å². The van der Waals surface area contributed by atoms with Gasteiger partial charge in [0.25, 0.3) is 11.7 Å². The van der Waals surface area contributed by atoms with Gasteiger partial charge in [0.1, 0.15) is 11.5 Å². The van der Waals surface area contributed by atoms with Crippen LogP contribution in [0.15, 0.2) is 48.0 Å². The summed E-state index contributed by atoms with van der Waals surface area (Å²) in [7, 11) is 3.80. The Labute approximate surface area is 193 Å². The molecule has 0 aromatic heterocycles. The summed E-state index contributed by atoms with van der Waals surface area (Å²) in [4.78, 5) is 29.6. The number of rotatable bonds is 8. The molecule has 0 saturated carbocycles. The second-order valence-electron chi connectivity index (χ2n) is 8.28. The van der Waals surface area contributed by atoms with Crippen LogP contribution in [0.3, 0.4) is 0 Å². The van der Waals surface area contributed by atoms with Crippen molar-refractivity contribution in [3.8, 4) is 17.2 Å². The third kappa shape index (κ3) is 4.52. The van der Waals surface area contributed by atoms with Crippen molar-refractivity contribution in [1.82, 2.24) is 9.80 Å². The van der Waals surface area contributed by atoms with E-state index in [9.17, 15) is 14.7 Å². The van der Waals surface area contributed by atoms with E-state index in [1.807, 2.05) is 50.2 Å². The van der Waals surface area contributed by atoms with Gasteiger partial charge in [-0.2, -0.15) is 0 Å². The van der Waals surface area contributed by atoms with E-state index in [0.29, 0.717) is 48.1 Å². The first-order valence-corrected chi connectivity index (χ1v) is 11.0. The Hall–Kier alpha value is -3.52. The standard InChI is InChI=1S/C25H28N2O6/c1-4-12-31-18-7-5-6-16(13-18)22-21(24(29)25(30)27(22)11-10-26(2)3)23(28)17-8-9-19-20(14-17)33-15-32-19/h5-9,13-14,22,28H,4,10-12,15H2,1-3H3/t22-/m1/s1. The highest BCUT2D eigenvalue weighted by Gasteiger charge is 2.46. The van der Waals surface area contributed by atoms with Crippen molar-refractivity contribution in [3.63, 3.8) is 0 Å². The Balaban J connectivity index is 1.80. The van der Waals surface area contributed by atoms with E-state index in [1.165, 1.54) is 4.90 Å². The van der Waals surface area contributed by atoms with Crippen LogP contribution in [0.4, 0.5) is 0 Å². The molecule has 4 rings (SSSR count). The fourth-order valence-corrected chi connectivity index (χ4v) is 3.96. The van der Waals surface area contributed by atoms with Gasteiger partial charge in [0, 0.05) is 18.7 Å². The third-order valence-electron chi connectivity index (χ3n) is 5.62. The van der Waals surface area contributed by atoms with Gasteiger partial charge < -0.3 is 29.1 Å². The lowest BCUT2D eigenvalue weighted by Gasteiger charge is -2.27. The monoisotopic (exact) mass is 452 g/mol. The van der Waals surface area contributed by atoms with Crippen LogP contribution in [0.25, 0.3) is 5.76 Å². The van der Waals surface area contributed by atoms with Crippen LogP contribution in [0.1, 0.15) is 30.5 Å². The highest BCUT2D eigenvalue weighted by molar-refractivity contribution is 6.46. The predicted molar refractivity (Wildman–Crippen MR) is 122 cm³/mol. The number of likely N-dealkylation sites (N-methyl/N-ethyl adjacent to an activating group) is 1. The molecule has 1 fully saturated rings. The number of aliphatic hydroxyl groups is 1. The molecule has 1 saturated heterocycles. The molecule has 174 valence electrons. The van der Waals surface area contributed by atoms with E-state index < -0.39 is 17.7 Å². The van der Waals surface area contributed by atoms with E-state index in [2.05, 4.69) is 0 Å². The number of hydrogen-bond donors (Lipinski definition) is 1. The van der Waals surface area contributed by atoms with Crippen LogP contribution in [-0.4, -0.2) is 67.2 Å². The molecule has 8 nitrogen and oxygen atoms in total. The van der Waals surface area contributed by atoms with Crippen molar-refractivity contribution in [2.75, 3.05) is 40.6 Å². The third-order valence-corrected chi connectivity index (χ3v) is 5.62. The summed E-state index contributed by atoms with van der Waals surface area (Å²) in [5.74, 6) is 0.0973. The van der Waals surface area contributed by atoms with Gasteiger partial charge in [-0.05, 0) is 56.4 Å². The predicted octanol–water partition coefficient (Wildman–Crippen LogP) is 3.19. The molecule has 1 amide bonds. The number of fused-ring (bicyclic) bond motifs is 1. The van der Waals surface area contributed by atoms with Crippen molar-refractivity contribution in [2.24, 2.45) is 0 Å². The molecule has 0 bridgehead atoms. The zero-order chi connectivity index (χ0) is 23.5. The highest BCUT2D eigenvalue weighted by atomic mass is 16.7. The number of nitrogens with zero attached hydrogens (tertiary/aromatic N) is 2. The first-order chi connectivity index (χ1) is 15.9. The van der Waals surface area contributed by atoms with Gasteiger partial charge >= 0.3 is 0 Å². The lowest BCUT2D eigenvalue weighted by atomic mass is 9.95. The SMILES string of the molecule is CCCOc1cccc([C@@H]2C(=C(O)c3ccc4c(c3)OCO4)C(=O)C(=O)N2CCN(C)C)c1. The maximum absolute atomic E-state index is 13.1. The normalized spacial score (nSPS) is 18.9. The fourth-order valence-electron chi connectivity index (χ4n) is 3.96. The van der Waals surface area contributed by atoms with Crippen molar-refractivity contribution in [2.45, 2.75) is 19.4 Å². The van der Waals surface area contributed by atoms with Gasteiger partial charge in [-0.25, -0.2) is 0 Å². The van der Waals surface area contributed by atoms with Crippen molar-refractivity contribution in [3.05, 3.63) is 59.2 Å². The number of ketones is 1. The molecule has 2 heterocycles. The maximum Gasteiger partial charge on any atom is 0.295 e. The van der Waals surface area contributed by atoms with E-state index in [1.54, 1.807) is 18.2 Å². The largest absolute Gasteiger partial charge is 0.507 e. The van der Waals surface area contributed by atoms with Crippen LogP contribution >= 0.6 is 0 Å². The van der Waals surface area contributed by atoms with E-state index in [4.69, 9.17) is 14.2 Å². The molecule has 2 aliphatic heterocycles. The van der Waals surface area contributed by atoms with Gasteiger partial charge in [-0.3, -0.25) is 9.59 Å². The smallest absolute Gasteiger partial charge is 0.295 e. The molecule has 0 spiro atoms. The quantitative estimate of drug-likeness (QED) is 0.374. The summed E-state index contributed by atoms with van der Waals surface area (Å²) in [6, 6.07) is 11.5. The fraction of sp³-hybridized carbons (Fsp3) is 0.360. The number of benzene rings is 2. The molecule has 0 radical (unpaired) electrons. The Morgan fingerprint density at radius 3 is 2.70 bits per heavy atom. The topological polar surface area (TPSA) is 88.5 Å². The molecule has 33 heavy (non-hydrogen) atoms. The van der Waals surface area contributed by atoms with Crippen LogP contribution in [0.5, 0.6) is 17.2 Å². The van der Waals surface area contributed by atoms with Gasteiger partial charge in [-0.1, -0.05) is 19.1 Å². The highest BCUT2D eigenvalue weighted by Crippen LogP contribution is 2.41. The molecule has 0 unspecified atom stereocenters. The summed E-state index contributed by atoms with van der Waals surface area (Å²) in [5.41, 5.74) is 1.13.